The van der Waals surface area contributed by atoms with Gasteiger partial charge in [0.15, 0.2) is 0 Å². The highest BCUT2D eigenvalue weighted by Gasteiger charge is 2.15. The largest absolute Gasteiger partial charge is 0.466 e. The van der Waals surface area contributed by atoms with Crippen molar-refractivity contribution in [3.05, 3.63) is 18.2 Å². The maximum absolute atomic E-state index is 11.2. The summed E-state index contributed by atoms with van der Waals surface area (Å²) in [6, 6.07) is -0.341. The van der Waals surface area contributed by atoms with E-state index in [2.05, 4.69) is 4.98 Å². The lowest BCUT2D eigenvalue weighted by atomic mass is 10.1. The number of carbonyl (C=O) groups is 1. The van der Waals surface area contributed by atoms with Gasteiger partial charge in [-0.15, -0.1) is 0 Å². The van der Waals surface area contributed by atoms with Gasteiger partial charge in [0.1, 0.15) is 0 Å². The first kappa shape index (κ1) is 11.7. The fourth-order valence-corrected chi connectivity index (χ4v) is 1.41. The zero-order chi connectivity index (χ0) is 11.3. The van der Waals surface area contributed by atoms with E-state index in [0.717, 1.165) is 12.2 Å². The second-order valence-corrected chi connectivity index (χ2v) is 3.22. The molecule has 1 heterocycles. The maximum Gasteiger partial charge on any atom is 0.307 e. The summed E-state index contributed by atoms with van der Waals surface area (Å²) in [4.78, 5) is 15.2. The predicted molar refractivity (Wildman–Crippen MR) is 56.1 cm³/mol. The molecule has 15 heavy (non-hydrogen) atoms. The fourth-order valence-electron chi connectivity index (χ4n) is 1.41. The van der Waals surface area contributed by atoms with Gasteiger partial charge >= 0.3 is 5.97 Å². The highest BCUT2D eigenvalue weighted by Crippen LogP contribution is 2.13. The van der Waals surface area contributed by atoms with Crippen LogP contribution in [0.25, 0.3) is 0 Å². The third-order valence-electron chi connectivity index (χ3n) is 2.16. The first-order valence-corrected chi connectivity index (χ1v) is 5.10. The Morgan fingerprint density at radius 1 is 1.67 bits per heavy atom. The van der Waals surface area contributed by atoms with E-state index in [1.807, 2.05) is 11.5 Å². The Kier molecular flexibility index (Phi) is 4.30. The molecule has 0 amide bonds. The van der Waals surface area contributed by atoms with Crippen molar-refractivity contribution >= 4 is 5.97 Å². The van der Waals surface area contributed by atoms with E-state index in [1.165, 1.54) is 0 Å². The molecule has 0 aliphatic rings. The number of carbonyl (C=O) groups excluding carboxylic acids is 1. The van der Waals surface area contributed by atoms with Gasteiger partial charge in [0, 0.05) is 12.7 Å². The molecule has 2 N–H and O–H groups in total. The molecule has 0 fully saturated rings. The summed E-state index contributed by atoms with van der Waals surface area (Å²) in [6.45, 7) is 4.96. The minimum absolute atomic E-state index is 0.194. The maximum atomic E-state index is 11.2. The summed E-state index contributed by atoms with van der Waals surface area (Å²) in [5, 5.41) is 0. The van der Waals surface area contributed by atoms with Gasteiger partial charge in [-0.1, -0.05) is 0 Å². The molecule has 0 aliphatic carbocycles. The zero-order valence-corrected chi connectivity index (χ0v) is 9.14. The Morgan fingerprint density at radius 3 is 3.00 bits per heavy atom. The highest BCUT2D eigenvalue weighted by atomic mass is 16.5. The number of aromatic nitrogens is 2. The number of esters is 1. The second kappa shape index (κ2) is 5.50. The van der Waals surface area contributed by atoms with Gasteiger partial charge in [0.2, 0.25) is 0 Å². The Balaban J connectivity index is 2.60. The van der Waals surface area contributed by atoms with Crippen LogP contribution in [0.4, 0.5) is 0 Å². The van der Waals surface area contributed by atoms with E-state index < -0.39 is 0 Å². The van der Waals surface area contributed by atoms with Crippen LogP contribution in [0.5, 0.6) is 0 Å². The third kappa shape index (κ3) is 3.06. The summed E-state index contributed by atoms with van der Waals surface area (Å²) in [5.74, 6) is -0.270. The number of nitrogens with zero attached hydrogens (tertiary/aromatic N) is 2. The molecule has 0 unspecified atom stereocenters. The van der Waals surface area contributed by atoms with Crippen molar-refractivity contribution in [2.75, 3.05) is 6.61 Å². The fraction of sp³-hybridized carbons (Fsp3) is 0.600. The van der Waals surface area contributed by atoms with E-state index in [-0.39, 0.29) is 18.4 Å². The standard InChI is InChI=1S/C10H17N3O2/c1-3-13-7-12-6-9(13)8(11)5-10(14)15-4-2/h6-8H,3-5,11H2,1-2H3/t8-/m1/s1. The molecule has 1 aromatic heterocycles. The molecule has 84 valence electrons. The van der Waals surface area contributed by atoms with Gasteiger partial charge in [0.05, 0.1) is 31.1 Å². The quantitative estimate of drug-likeness (QED) is 0.733. The smallest absolute Gasteiger partial charge is 0.307 e. The predicted octanol–water partition coefficient (Wildman–Crippen LogP) is 0.856. The van der Waals surface area contributed by atoms with E-state index in [9.17, 15) is 4.79 Å². The Morgan fingerprint density at radius 2 is 2.40 bits per heavy atom. The van der Waals surface area contributed by atoms with Gasteiger partial charge in [-0.05, 0) is 13.8 Å². The molecule has 0 saturated heterocycles. The SMILES string of the molecule is CCOC(=O)C[C@@H](N)c1cncn1CC. The minimum Gasteiger partial charge on any atom is -0.466 e. The van der Waals surface area contributed by atoms with Gasteiger partial charge in [-0.3, -0.25) is 4.79 Å². The molecule has 0 aliphatic heterocycles. The molecule has 0 bridgehead atoms. The van der Waals surface area contributed by atoms with Crippen LogP contribution in [0.3, 0.4) is 0 Å². The number of ether oxygens (including phenoxy) is 1. The van der Waals surface area contributed by atoms with Gasteiger partial charge in [0.25, 0.3) is 0 Å². The van der Waals surface area contributed by atoms with Crippen molar-refractivity contribution in [3.63, 3.8) is 0 Å². The molecule has 1 aromatic rings. The lowest BCUT2D eigenvalue weighted by Crippen LogP contribution is -2.20. The van der Waals surface area contributed by atoms with Crippen LogP contribution in [0, 0.1) is 0 Å². The molecule has 1 rings (SSSR count). The number of rotatable bonds is 5. The summed E-state index contributed by atoms with van der Waals surface area (Å²) >= 11 is 0. The topological polar surface area (TPSA) is 70.1 Å². The molecule has 0 radical (unpaired) electrons. The first-order valence-electron chi connectivity index (χ1n) is 5.10. The Bertz CT molecular complexity index is 322. The third-order valence-corrected chi connectivity index (χ3v) is 2.16. The van der Waals surface area contributed by atoms with Crippen LogP contribution in [-0.2, 0) is 16.1 Å². The van der Waals surface area contributed by atoms with Crippen LogP contribution in [0.1, 0.15) is 32.0 Å². The molecular weight excluding hydrogens is 194 g/mol. The Labute approximate surface area is 89.2 Å². The van der Waals surface area contributed by atoms with Crippen LogP contribution in [-0.4, -0.2) is 22.1 Å². The zero-order valence-electron chi connectivity index (χ0n) is 9.14. The number of hydrogen-bond donors (Lipinski definition) is 1. The van der Waals surface area contributed by atoms with E-state index in [0.29, 0.717) is 6.61 Å². The van der Waals surface area contributed by atoms with Crippen molar-refractivity contribution in [1.29, 1.82) is 0 Å². The van der Waals surface area contributed by atoms with Crippen molar-refractivity contribution in [2.45, 2.75) is 32.9 Å². The van der Waals surface area contributed by atoms with E-state index in [1.54, 1.807) is 19.4 Å². The number of aryl methyl sites for hydroxylation is 1. The lowest BCUT2D eigenvalue weighted by Gasteiger charge is -2.12. The van der Waals surface area contributed by atoms with Crippen molar-refractivity contribution in [2.24, 2.45) is 5.73 Å². The van der Waals surface area contributed by atoms with Crippen LogP contribution >= 0.6 is 0 Å². The summed E-state index contributed by atoms with van der Waals surface area (Å²) in [7, 11) is 0. The average molecular weight is 211 g/mol. The van der Waals surface area contributed by atoms with Gasteiger partial charge in [-0.2, -0.15) is 0 Å². The number of hydrogen-bond acceptors (Lipinski definition) is 4. The number of nitrogens with two attached hydrogens (primary N) is 1. The van der Waals surface area contributed by atoms with Crippen LogP contribution in [0.2, 0.25) is 0 Å². The molecule has 5 heteroatoms. The molecule has 0 aromatic carbocycles. The second-order valence-electron chi connectivity index (χ2n) is 3.22. The molecule has 0 spiro atoms. The van der Waals surface area contributed by atoms with E-state index in [4.69, 9.17) is 10.5 Å². The highest BCUT2D eigenvalue weighted by molar-refractivity contribution is 5.70. The van der Waals surface area contributed by atoms with Crippen molar-refractivity contribution < 1.29 is 9.53 Å². The Hall–Kier alpha value is -1.36. The lowest BCUT2D eigenvalue weighted by molar-refractivity contribution is -0.143. The molecule has 1 atom stereocenters. The van der Waals surface area contributed by atoms with E-state index >= 15 is 0 Å². The van der Waals surface area contributed by atoms with Gasteiger partial charge in [-0.25, -0.2) is 4.98 Å². The minimum atomic E-state index is -0.341. The summed E-state index contributed by atoms with van der Waals surface area (Å²) < 4.78 is 6.76. The van der Waals surface area contributed by atoms with Gasteiger partial charge < -0.3 is 15.0 Å². The van der Waals surface area contributed by atoms with Crippen molar-refractivity contribution in [3.8, 4) is 0 Å². The summed E-state index contributed by atoms with van der Waals surface area (Å²) in [5.41, 5.74) is 6.75. The van der Waals surface area contributed by atoms with Crippen LogP contribution < -0.4 is 5.73 Å². The molecular formula is C10H17N3O2. The monoisotopic (exact) mass is 211 g/mol. The molecule has 0 saturated carbocycles. The number of imidazole rings is 1. The average Bonchev–Trinajstić information content (AvgIpc) is 2.65. The van der Waals surface area contributed by atoms with Crippen LogP contribution in [0.15, 0.2) is 12.5 Å². The first-order chi connectivity index (χ1) is 7.19. The van der Waals surface area contributed by atoms with Crippen molar-refractivity contribution in [1.82, 2.24) is 9.55 Å². The molecule has 5 nitrogen and oxygen atoms in total. The summed E-state index contributed by atoms with van der Waals surface area (Å²) in [6.07, 6.45) is 3.59. The normalized spacial score (nSPS) is 12.5.